The minimum Gasteiger partial charge on any atom is -0.311 e. The van der Waals surface area contributed by atoms with Crippen LogP contribution in [0.5, 0.6) is 0 Å². The van der Waals surface area contributed by atoms with Crippen molar-refractivity contribution in [1.29, 1.82) is 0 Å². The molecular weight excluding hydrogens is 228 g/mol. The number of thiol groups is 1. The van der Waals surface area contributed by atoms with E-state index in [2.05, 4.69) is 12.6 Å². The number of carbonyl (C=O) groups is 1. The van der Waals surface area contributed by atoms with Crippen molar-refractivity contribution < 1.29 is 9.72 Å². The molecule has 1 atom stereocenters. The lowest BCUT2D eigenvalue weighted by Crippen LogP contribution is -2.24. The maximum atomic E-state index is 11.5. The highest BCUT2D eigenvalue weighted by Gasteiger charge is 2.28. The molecule has 1 aliphatic heterocycles. The van der Waals surface area contributed by atoms with E-state index in [9.17, 15) is 14.9 Å². The molecule has 0 saturated carbocycles. The fraction of sp³-hybridized carbons (Fsp3) is 0.300. The minimum atomic E-state index is -0.461. The first-order valence-electron chi connectivity index (χ1n) is 4.81. The van der Waals surface area contributed by atoms with Gasteiger partial charge in [-0.25, -0.2) is 0 Å². The molecule has 2 rings (SSSR count). The zero-order valence-electron chi connectivity index (χ0n) is 8.37. The summed E-state index contributed by atoms with van der Waals surface area (Å²) in [6.07, 6.45) is 0.417. The summed E-state index contributed by atoms with van der Waals surface area (Å²) in [4.78, 5) is 23.1. The van der Waals surface area contributed by atoms with Crippen molar-refractivity contribution in [1.82, 2.24) is 0 Å². The Labute approximate surface area is 97.6 Å². The molecule has 0 bridgehead atoms. The molecule has 6 heteroatoms. The van der Waals surface area contributed by atoms with Gasteiger partial charge in [0.2, 0.25) is 5.91 Å². The summed E-state index contributed by atoms with van der Waals surface area (Å²) in [5.41, 5.74) is 0.713. The van der Waals surface area contributed by atoms with Crippen molar-refractivity contribution in [3.05, 3.63) is 34.4 Å². The molecule has 1 unspecified atom stereocenters. The molecule has 1 saturated heterocycles. The van der Waals surface area contributed by atoms with E-state index < -0.39 is 4.92 Å². The number of carbonyl (C=O) groups excluding carboxylic acids is 1. The molecule has 16 heavy (non-hydrogen) atoms. The summed E-state index contributed by atoms with van der Waals surface area (Å²) in [6.45, 7) is 0.555. The Balaban J connectivity index is 2.22. The van der Waals surface area contributed by atoms with Crippen LogP contribution >= 0.6 is 12.6 Å². The van der Waals surface area contributed by atoms with Crippen molar-refractivity contribution in [2.24, 2.45) is 0 Å². The average Bonchev–Trinajstić information content (AvgIpc) is 2.58. The van der Waals surface area contributed by atoms with Crippen LogP contribution in [0.2, 0.25) is 0 Å². The molecule has 0 radical (unpaired) electrons. The Morgan fingerprint density at radius 1 is 1.38 bits per heavy atom. The van der Waals surface area contributed by atoms with Gasteiger partial charge in [-0.3, -0.25) is 14.9 Å². The van der Waals surface area contributed by atoms with Gasteiger partial charge in [0.1, 0.15) is 0 Å². The maximum absolute atomic E-state index is 11.5. The van der Waals surface area contributed by atoms with Gasteiger partial charge in [0.15, 0.2) is 0 Å². The second-order valence-electron chi connectivity index (χ2n) is 3.64. The first-order valence-corrected chi connectivity index (χ1v) is 5.32. The van der Waals surface area contributed by atoms with E-state index in [1.165, 1.54) is 12.1 Å². The van der Waals surface area contributed by atoms with Crippen LogP contribution in [0.15, 0.2) is 24.3 Å². The highest BCUT2D eigenvalue weighted by molar-refractivity contribution is 7.81. The largest absolute Gasteiger partial charge is 0.311 e. The molecule has 84 valence electrons. The standard InChI is InChI=1S/C10H10N2O3S/c13-10-5-9(16)6-11(10)7-1-3-8(4-2-7)12(14)15/h1-4,9,16H,5-6H2. The SMILES string of the molecule is O=C1CC(S)CN1c1ccc([N+](=O)[O-])cc1. The number of anilines is 1. The van der Waals surface area contributed by atoms with Gasteiger partial charge in [0, 0.05) is 36.0 Å². The fourth-order valence-electron chi connectivity index (χ4n) is 1.69. The second kappa shape index (κ2) is 4.13. The third kappa shape index (κ3) is 2.01. The summed E-state index contributed by atoms with van der Waals surface area (Å²) in [6, 6.07) is 5.96. The number of nitro benzene ring substituents is 1. The molecule has 1 heterocycles. The van der Waals surface area contributed by atoms with E-state index in [4.69, 9.17) is 0 Å². The smallest absolute Gasteiger partial charge is 0.269 e. The number of benzene rings is 1. The Kier molecular flexibility index (Phi) is 2.82. The third-order valence-corrected chi connectivity index (χ3v) is 2.82. The predicted molar refractivity (Wildman–Crippen MR) is 62.8 cm³/mol. The van der Waals surface area contributed by atoms with Crippen LogP contribution < -0.4 is 4.90 Å². The highest BCUT2D eigenvalue weighted by Crippen LogP contribution is 2.25. The molecule has 5 nitrogen and oxygen atoms in total. The Morgan fingerprint density at radius 3 is 2.44 bits per heavy atom. The number of nitro groups is 1. The van der Waals surface area contributed by atoms with Crippen LogP contribution in [0.4, 0.5) is 11.4 Å². The lowest BCUT2D eigenvalue weighted by molar-refractivity contribution is -0.384. The van der Waals surface area contributed by atoms with Crippen molar-refractivity contribution in [3.63, 3.8) is 0 Å². The summed E-state index contributed by atoms with van der Waals surface area (Å²) >= 11 is 4.24. The van der Waals surface area contributed by atoms with Crippen LogP contribution in [0.25, 0.3) is 0 Å². The molecule has 0 aliphatic carbocycles. The molecule has 1 aromatic rings. The van der Waals surface area contributed by atoms with Gasteiger partial charge in [0.05, 0.1) is 4.92 Å². The number of hydrogen-bond donors (Lipinski definition) is 1. The Hall–Kier alpha value is -1.56. The number of amides is 1. The highest BCUT2D eigenvalue weighted by atomic mass is 32.1. The zero-order valence-corrected chi connectivity index (χ0v) is 9.26. The van der Waals surface area contributed by atoms with Crippen molar-refractivity contribution in [3.8, 4) is 0 Å². The van der Waals surface area contributed by atoms with Crippen LogP contribution in [0.1, 0.15) is 6.42 Å². The van der Waals surface area contributed by atoms with E-state index >= 15 is 0 Å². The van der Waals surface area contributed by atoms with Gasteiger partial charge in [-0.2, -0.15) is 12.6 Å². The molecule has 0 spiro atoms. The van der Waals surface area contributed by atoms with Crippen LogP contribution in [-0.2, 0) is 4.79 Å². The predicted octanol–water partition coefficient (Wildman–Crippen LogP) is 1.63. The first kappa shape index (κ1) is 10.9. The minimum absolute atomic E-state index is 0.00820. The zero-order chi connectivity index (χ0) is 11.7. The lowest BCUT2D eigenvalue weighted by atomic mass is 10.2. The number of nitrogens with zero attached hydrogens (tertiary/aromatic N) is 2. The van der Waals surface area contributed by atoms with E-state index in [0.29, 0.717) is 18.7 Å². The number of rotatable bonds is 2. The molecule has 1 aromatic carbocycles. The van der Waals surface area contributed by atoms with E-state index in [-0.39, 0.29) is 16.8 Å². The van der Waals surface area contributed by atoms with E-state index in [1.54, 1.807) is 17.0 Å². The van der Waals surface area contributed by atoms with Gasteiger partial charge in [0.25, 0.3) is 5.69 Å². The monoisotopic (exact) mass is 238 g/mol. The maximum Gasteiger partial charge on any atom is 0.269 e. The molecular formula is C10H10N2O3S. The van der Waals surface area contributed by atoms with E-state index in [1.807, 2.05) is 0 Å². The quantitative estimate of drug-likeness (QED) is 0.484. The van der Waals surface area contributed by atoms with Crippen molar-refractivity contribution >= 4 is 29.9 Å². The first-order chi connectivity index (χ1) is 7.58. The van der Waals surface area contributed by atoms with Gasteiger partial charge >= 0.3 is 0 Å². The Bertz CT molecular complexity index is 432. The molecule has 1 aliphatic rings. The van der Waals surface area contributed by atoms with E-state index in [0.717, 1.165) is 0 Å². The number of hydrogen-bond acceptors (Lipinski definition) is 4. The normalized spacial score (nSPS) is 20.2. The van der Waals surface area contributed by atoms with Gasteiger partial charge in [-0.1, -0.05) is 0 Å². The lowest BCUT2D eigenvalue weighted by Gasteiger charge is -2.15. The second-order valence-corrected chi connectivity index (χ2v) is 4.37. The van der Waals surface area contributed by atoms with Crippen LogP contribution in [0, 0.1) is 10.1 Å². The Morgan fingerprint density at radius 2 is 2.00 bits per heavy atom. The summed E-state index contributed by atoms with van der Waals surface area (Å²) in [5.74, 6) is 0.00820. The molecule has 0 N–H and O–H groups in total. The summed E-state index contributed by atoms with van der Waals surface area (Å²) < 4.78 is 0. The fourth-order valence-corrected chi connectivity index (χ4v) is 2.01. The summed E-state index contributed by atoms with van der Waals surface area (Å²) in [5, 5.41) is 10.5. The third-order valence-electron chi connectivity index (χ3n) is 2.48. The van der Waals surface area contributed by atoms with Crippen LogP contribution in [0.3, 0.4) is 0 Å². The topological polar surface area (TPSA) is 63.5 Å². The molecule has 1 amide bonds. The van der Waals surface area contributed by atoms with Gasteiger partial charge in [-0.15, -0.1) is 0 Å². The van der Waals surface area contributed by atoms with Gasteiger partial charge in [-0.05, 0) is 12.1 Å². The van der Waals surface area contributed by atoms with Crippen molar-refractivity contribution in [2.75, 3.05) is 11.4 Å². The van der Waals surface area contributed by atoms with Crippen molar-refractivity contribution in [2.45, 2.75) is 11.7 Å². The molecule has 0 aromatic heterocycles. The molecule has 1 fully saturated rings. The number of non-ortho nitro benzene ring substituents is 1. The van der Waals surface area contributed by atoms with Gasteiger partial charge < -0.3 is 4.90 Å². The summed E-state index contributed by atoms with van der Waals surface area (Å²) in [7, 11) is 0. The van der Waals surface area contributed by atoms with Crippen LogP contribution in [-0.4, -0.2) is 22.6 Å². The average molecular weight is 238 g/mol.